The normalized spacial score (nSPS) is 11.2. The number of alkyl halides is 7. The number of nitrogens with one attached hydrogen (secondary N) is 1. The zero-order valence-corrected chi connectivity index (χ0v) is 36.4. The summed E-state index contributed by atoms with van der Waals surface area (Å²) < 4.78 is 90.8. The van der Waals surface area contributed by atoms with Crippen LogP contribution in [0.1, 0.15) is 33.9 Å². The summed E-state index contributed by atoms with van der Waals surface area (Å²) in [6.45, 7) is 3.80. The molecule has 21 heteroatoms. The largest absolute Gasteiger partial charge is 0.492 e. The molecule has 59 heavy (non-hydrogen) atoms. The Labute approximate surface area is 365 Å². The van der Waals surface area contributed by atoms with Gasteiger partial charge in [-0.25, -0.2) is 9.97 Å². The predicted octanol–water partition coefficient (Wildman–Crippen LogP) is 11.1. The Kier molecular flexibility index (Phi) is 16.0. The molecule has 4 aromatic carbocycles. The Balaban J connectivity index is 0.000000217. The maximum absolute atomic E-state index is 13.0. The monoisotopic (exact) mass is 1050 g/mol. The first kappa shape index (κ1) is 47.0. The van der Waals surface area contributed by atoms with Gasteiger partial charge in [-0.1, -0.05) is 39.1 Å². The molecular formula is C38H25Br3Cl2F6N6O4. The van der Waals surface area contributed by atoms with Crippen molar-refractivity contribution in [3.63, 3.8) is 0 Å². The third-order valence-corrected chi connectivity index (χ3v) is 9.80. The van der Waals surface area contributed by atoms with Gasteiger partial charge in [0.2, 0.25) is 0 Å². The van der Waals surface area contributed by atoms with Crippen molar-refractivity contribution < 1.29 is 35.8 Å². The Morgan fingerprint density at radius 2 is 1.22 bits per heavy atom. The van der Waals surface area contributed by atoms with Gasteiger partial charge >= 0.3 is 12.4 Å². The standard InChI is InChI=1S/C19H12BrClF3N3O2.C11H6F3N3O.C8H7Br2ClO/c1-10-26-15-7-12(19(22,23)24)6-11(9-25)17(15)18(28)27(10)4-5-29-16-3-2-13(21)8-14(16)20;1-5-16-8-3-7(11(12,13)14)2-6(4-15)9(8)10(18)17-5;9-3-4-12-8-2-1-6(11)5-7(8)10/h2-3,6-8H,4-5H2,1H3;2-3H,1H3,(H,16,17,18);1-2,5H,3-4H2. The van der Waals surface area contributed by atoms with Gasteiger partial charge in [-0.3, -0.25) is 14.2 Å². The molecule has 0 aliphatic heterocycles. The lowest BCUT2D eigenvalue weighted by Crippen LogP contribution is -2.27. The topological polar surface area (TPSA) is 147 Å². The number of aryl methyl sites for hydroxylation is 2. The van der Waals surface area contributed by atoms with E-state index in [4.69, 9.17) is 37.9 Å². The second kappa shape index (κ2) is 20.1. The Morgan fingerprint density at radius 1 is 0.746 bits per heavy atom. The summed E-state index contributed by atoms with van der Waals surface area (Å²) in [6, 6.07) is 16.5. The van der Waals surface area contributed by atoms with Crippen LogP contribution in [0.25, 0.3) is 21.8 Å². The van der Waals surface area contributed by atoms with Crippen molar-refractivity contribution in [2.24, 2.45) is 0 Å². The van der Waals surface area contributed by atoms with Gasteiger partial charge in [0.15, 0.2) is 0 Å². The predicted molar refractivity (Wildman–Crippen MR) is 220 cm³/mol. The van der Waals surface area contributed by atoms with E-state index in [9.17, 15) is 41.2 Å². The lowest BCUT2D eigenvalue weighted by Gasteiger charge is -2.14. The fourth-order valence-corrected chi connectivity index (χ4v) is 6.95. The number of aromatic amines is 1. The van der Waals surface area contributed by atoms with Crippen LogP contribution in [0.15, 0.2) is 79.2 Å². The van der Waals surface area contributed by atoms with Gasteiger partial charge in [-0.15, -0.1) is 0 Å². The molecule has 0 atom stereocenters. The number of aromatic nitrogens is 4. The van der Waals surface area contributed by atoms with E-state index >= 15 is 0 Å². The quantitative estimate of drug-likeness (QED) is 0.123. The molecule has 0 spiro atoms. The first-order valence-corrected chi connectivity index (χ1v) is 19.9. The number of benzene rings is 4. The molecule has 10 nitrogen and oxygen atoms in total. The minimum absolute atomic E-state index is 0.0918. The van der Waals surface area contributed by atoms with E-state index in [0.717, 1.165) is 27.7 Å². The second-order valence-electron chi connectivity index (χ2n) is 11.9. The lowest BCUT2D eigenvalue weighted by molar-refractivity contribution is -0.138. The average molecular weight is 1050 g/mol. The highest BCUT2D eigenvalue weighted by Crippen LogP contribution is 2.34. The Bertz CT molecular complexity index is 2730. The highest BCUT2D eigenvalue weighted by Gasteiger charge is 2.33. The van der Waals surface area contributed by atoms with Gasteiger partial charge in [-0.2, -0.15) is 36.9 Å². The average Bonchev–Trinajstić information content (AvgIpc) is 3.15. The molecule has 0 fully saturated rings. The van der Waals surface area contributed by atoms with Crippen LogP contribution in [0, 0.1) is 36.5 Å². The number of nitriles is 2. The van der Waals surface area contributed by atoms with Gasteiger partial charge in [0, 0.05) is 15.4 Å². The van der Waals surface area contributed by atoms with Gasteiger partial charge in [0.1, 0.15) is 41.9 Å². The summed E-state index contributed by atoms with van der Waals surface area (Å²) in [6.07, 6.45) is -9.23. The van der Waals surface area contributed by atoms with E-state index in [1.54, 1.807) is 36.4 Å². The molecule has 2 heterocycles. The number of ether oxygens (including phenoxy) is 2. The van der Waals surface area contributed by atoms with Crippen LogP contribution in [0.3, 0.4) is 0 Å². The number of hydrogen-bond donors (Lipinski definition) is 1. The molecule has 0 saturated heterocycles. The Hall–Kier alpha value is -4.66. The third-order valence-electron chi connectivity index (χ3n) is 7.77. The lowest BCUT2D eigenvalue weighted by atomic mass is 10.1. The molecular weight excluding hydrogens is 1030 g/mol. The molecule has 6 rings (SSSR count). The van der Waals surface area contributed by atoms with Crippen molar-refractivity contribution in [1.29, 1.82) is 10.5 Å². The fourth-order valence-electron chi connectivity index (χ4n) is 5.19. The third kappa shape index (κ3) is 12.2. The summed E-state index contributed by atoms with van der Waals surface area (Å²) in [4.78, 5) is 34.7. The highest BCUT2D eigenvalue weighted by molar-refractivity contribution is 9.11. The van der Waals surface area contributed by atoms with Crippen molar-refractivity contribution >= 4 is 92.8 Å². The highest BCUT2D eigenvalue weighted by atomic mass is 79.9. The molecule has 308 valence electrons. The van der Waals surface area contributed by atoms with E-state index in [0.29, 0.717) is 39.0 Å². The minimum atomic E-state index is -4.65. The van der Waals surface area contributed by atoms with Gasteiger partial charge in [-0.05, 0) is 106 Å². The number of nitrogens with zero attached hydrogens (tertiary/aromatic N) is 5. The SMILES string of the molecule is Cc1nc2cc(C(F)(F)F)cc(C#N)c2c(=O)[nH]1.Cc1nc2cc(C(F)(F)F)cc(C#N)c2c(=O)n1CCOc1ccc(Cl)cc1Br.Clc1ccc(OCCBr)c(Br)c1. The number of fused-ring (bicyclic) bond motifs is 2. The molecule has 1 N–H and O–H groups in total. The zero-order valence-electron chi connectivity index (χ0n) is 30.1. The maximum Gasteiger partial charge on any atom is 0.416 e. The van der Waals surface area contributed by atoms with E-state index < -0.39 is 34.6 Å². The second-order valence-corrected chi connectivity index (χ2v) is 15.2. The molecule has 2 aromatic heterocycles. The molecule has 0 radical (unpaired) electrons. The van der Waals surface area contributed by atoms with Crippen molar-refractivity contribution in [3.05, 3.63) is 134 Å². The summed E-state index contributed by atoms with van der Waals surface area (Å²) >= 11 is 21.6. The molecule has 0 unspecified atom stereocenters. The first-order valence-electron chi connectivity index (χ1n) is 16.4. The smallest absolute Gasteiger partial charge is 0.416 e. The van der Waals surface area contributed by atoms with Crippen LogP contribution < -0.4 is 20.6 Å². The van der Waals surface area contributed by atoms with E-state index in [1.165, 1.54) is 18.4 Å². The number of halogens is 11. The number of rotatable bonds is 7. The summed E-state index contributed by atoms with van der Waals surface area (Å²) in [7, 11) is 0. The number of hydrogen-bond acceptors (Lipinski definition) is 8. The van der Waals surface area contributed by atoms with Crippen molar-refractivity contribution in [2.45, 2.75) is 32.7 Å². The molecule has 0 amide bonds. The molecule has 0 bridgehead atoms. The molecule has 6 aromatic rings. The molecule has 0 aliphatic carbocycles. The van der Waals surface area contributed by atoms with Crippen molar-refractivity contribution in [1.82, 2.24) is 19.5 Å². The summed E-state index contributed by atoms with van der Waals surface area (Å²) in [5, 5.41) is 19.8. The minimum Gasteiger partial charge on any atom is -0.492 e. The van der Waals surface area contributed by atoms with Crippen LogP contribution in [0.5, 0.6) is 11.5 Å². The first-order chi connectivity index (χ1) is 27.7. The van der Waals surface area contributed by atoms with Crippen LogP contribution >= 0.6 is 71.0 Å². The van der Waals surface area contributed by atoms with Gasteiger partial charge in [0.05, 0.1) is 66.2 Å². The Morgan fingerprint density at radius 3 is 1.68 bits per heavy atom. The summed E-state index contributed by atoms with van der Waals surface area (Å²) in [5.41, 5.74) is -4.26. The van der Waals surface area contributed by atoms with Crippen LogP contribution in [-0.2, 0) is 18.9 Å². The van der Waals surface area contributed by atoms with Gasteiger partial charge in [0.25, 0.3) is 11.1 Å². The van der Waals surface area contributed by atoms with Crippen LogP contribution in [0.2, 0.25) is 10.0 Å². The van der Waals surface area contributed by atoms with Crippen molar-refractivity contribution in [3.8, 4) is 23.6 Å². The van der Waals surface area contributed by atoms with Crippen molar-refractivity contribution in [2.75, 3.05) is 18.5 Å². The van der Waals surface area contributed by atoms with Crippen LogP contribution in [0.4, 0.5) is 26.3 Å². The van der Waals surface area contributed by atoms with E-state index in [2.05, 4.69) is 62.7 Å². The molecule has 0 aliphatic rings. The molecule has 0 saturated carbocycles. The summed E-state index contributed by atoms with van der Waals surface area (Å²) in [5.74, 6) is 1.74. The fraction of sp³-hybridized carbons (Fsp3) is 0.211. The maximum atomic E-state index is 13.0. The van der Waals surface area contributed by atoms with Crippen LogP contribution in [-0.4, -0.2) is 38.1 Å². The van der Waals surface area contributed by atoms with E-state index in [-0.39, 0.29) is 57.7 Å². The van der Waals surface area contributed by atoms with E-state index in [1.807, 2.05) is 12.1 Å². The zero-order chi connectivity index (χ0) is 43.8. The number of H-pyrrole nitrogens is 1. The van der Waals surface area contributed by atoms with Gasteiger partial charge < -0.3 is 14.5 Å².